The third-order valence-corrected chi connectivity index (χ3v) is 1.89. The lowest BCUT2D eigenvalue weighted by Crippen LogP contribution is -2.16. The Bertz CT molecular complexity index is 478. The number of hydrogen-bond acceptors (Lipinski definition) is 5. The Labute approximate surface area is 100 Å². The Morgan fingerprint density at radius 1 is 1.33 bits per heavy atom. The van der Waals surface area contributed by atoms with Crippen LogP contribution in [0.15, 0.2) is 12.1 Å². The number of carbonyl (C=O) groups excluding carboxylic acids is 1. The van der Waals surface area contributed by atoms with Gasteiger partial charge in [0.25, 0.3) is 0 Å². The molecule has 6 nitrogen and oxygen atoms in total. The molecule has 1 rings (SSSR count). The number of ketones is 1. The second kappa shape index (κ2) is 6.01. The molecule has 0 heterocycles. The fourth-order valence-corrected chi connectivity index (χ4v) is 1.13. The normalized spacial score (nSPS) is 10.2. The standard InChI is InChI=1S/C10H9F2NO5/c1-17-4-6(14)5-18-10-3-7(11)9(13(15)16)2-8(10)12/h2-3H,4-5H2,1H3. The predicted octanol–water partition coefficient (Wildman–Crippen LogP) is 1.47. The second-order valence-electron chi connectivity index (χ2n) is 3.25. The first-order chi connectivity index (χ1) is 8.45. The molecule has 1 aromatic rings. The lowest BCUT2D eigenvalue weighted by molar-refractivity contribution is -0.387. The highest BCUT2D eigenvalue weighted by Gasteiger charge is 2.19. The fraction of sp³-hybridized carbons (Fsp3) is 0.300. The van der Waals surface area contributed by atoms with Crippen molar-refractivity contribution < 1.29 is 28.0 Å². The van der Waals surface area contributed by atoms with Crippen molar-refractivity contribution in [2.24, 2.45) is 0 Å². The minimum Gasteiger partial charge on any atom is -0.483 e. The summed E-state index contributed by atoms with van der Waals surface area (Å²) in [6.07, 6.45) is 0. The molecule has 0 spiro atoms. The zero-order valence-corrected chi connectivity index (χ0v) is 9.31. The zero-order chi connectivity index (χ0) is 13.7. The van der Waals surface area contributed by atoms with Crippen LogP contribution in [-0.2, 0) is 9.53 Å². The highest BCUT2D eigenvalue weighted by Crippen LogP contribution is 2.26. The minimum absolute atomic E-state index is 0.225. The number of nitro benzene ring substituents is 1. The Balaban J connectivity index is 2.82. The van der Waals surface area contributed by atoms with E-state index in [1.165, 1.54) is 7.11 Å². The van der Waals surface area contributed by atoms with Crippen LogP contribution in [0.3, 0.4) is 0 Å². The molecule has 0 saturated carbocycles. The van der Waals surface area contributed by atoms with Gasteiger partial charge >= 0.3 is 5.69 Å². The molecule has 0 amide bonds. The van der Waals surface area contributed by atoms with E-state index in [2.05, 4.69) is 4.74 Å². The van der Waals surface area contributed by atoms with Crippen LogP contribution in [0.5, 0.6) is 5.75 Å². The van der Waals surface area contributed by atoms with Crippen molar-refractivity contribution in [3.05, 3.63) is 33.9 Å². The fourth-order valence-electron chi connectivity index (χ4n) is 1.13. The summed E-state index contributed by atoms with van der Waals surface area (Å²) in [4.78, 5) is 20.3. The van der Waals surface area contributed by atoms with E-state index < -0.39 is 40.4 Å². The van der Waals surface area contributed by atoms with Crippen molar-refractivity contribution in [1.29, 1.82) is 0 Å². The first-order valence-corrected chi connectivity index (χ1v) is 4.72. The van der Waals surface area contributed by atoms with E-state index in [0.29, 0.717) is 12.1 Å². The predicted molar refractivity (Wildman–Crippen MR) is 55.4 cm³/mol. The van der Waals surface area contributed by atoms with E-state index in [1.54, 1.807) is 0 Å². The molecule has 98 valence electrons. The summed E-state index contributed by atoms with van der Waals surface area (Å²) in [6.45, 7) is -0.737. The van der Waals surface area contributed by atoms with Gasteiger partial charge in [0.1, 0.15) is 13.2 Å². The van der Waals surface area contributed by atoms with Crippen LogP contribution in [0, 0.1) is 21.7 Å². The van der Waals surface area contributed by atoms with Crippen LogP contribution in [0.2, 0.25) is 0 Å². The Morgan fingerprint density at radius 2 is 2.00 bits per heavy atom. The average Bonchev–Trinajstić information content (AvgIpc) is 2.29. The molecule has 0 N–H and O–H groups in total. The molecule has 0 aliphatic heterocycles. The van der Waals surface area contributed by atoms with Crippen molar-refractivity contribution in [2.75, 3.05) is 20.3 Å². The van der Waals surface area contributed by atoms with Crippen LogP contribution in [-0.4, -0.2) is 31.0 Å². The van der Waals surface area contributed by atoms with Crippen molar-refractivity contribution in [1.82, 2.24) is 0 Å². The number of benzene rings is 1. The van der Waals surface area contributed by atoms with Gasteiger partial charge in [-0.1, -0.05) is 0 Å². The molecule has 1 aromatic carbocycles. The number of nitrogens with zero attached hydrogens (tertiary/aromatic N) is 1. The van der Waals surface area contributed by atoms with Gasteiger partial charge < -0.3 is 9.47 Å². The molecule has 0 radical (unpaired) electrons. The van der Waals surface area contributed by atoms with Crippen molar-refractivity contribution in [3.63, 3.8) is 0 Å². The summed E-state index contributed by atoms with van der Waals surface area (Å²) in [5.74, 6) is -3.40. The SMILES string of the molecule is COCC(=O)COc1cc(F)c([N+](=O)[O-])cc1F. The summed E-state index contributed by atoms with van der Waals surface area (Å²) in [5.41, 5.74) is -0.997. The number of halogens is 2. The van der Waals surface area contributed by atoms with Gasteiger partial charge in [-0.2, -0.15) is 4.39 Å². The van der Waals surface area contributed by atoms with Gasteiger partial charge in [0.2, 0.25) is 5.82 Å². The maximum absolute atomic E-state index is 13.3. The molecule has 0 aromatic heterocycles. The van der Waals surface area contributed by atoms with E-state index in [9.17, 15) is 23.7 Å². The molecular formula is C10H9F2NO5. The minimum atomic E-state index is -1.24. The van der Waals surface area contributed by atoms with Crippen LogP contribution in [0.4, 0.5) is 14.5 Å². The maximum Gasteiger partial charge on any atom is 0.307 e. The van der Waals surface area contributed by atoms with E-state index in [-0.39, 0.29) is 6.61 Å². The van der Waals surface area contributed by atoms with Gasteiger partial charge in [-0.15, -0.1) is 0 Å². The molecule has 0 fully saturated rings. The summed E-state index contributed by atoms with van der Waals surface area (Å²) in [7, 11) is 1.30. The second-order valence-corrected chi connectivity index (χ2v) is 3.25. The molecule has 18 heavy (non-hydrogen) atoms. The monoisotopic (exact) mass is 261 g/mol. The van der Waals surface area contributed by atoms with Gasteiger partial charge in [-0.3, -0.25) is 14.9 Å². The number of rotatable bonds is 6. The third kappa shape index (κ3) is 3.45. The molecular weight excluding hydrogens is 252 g/mol. The third-order valence-electron chi connectivity index (χ3n) is 1.89. The lowest BCUT2D eigenvalue weighted by Gasteiger charge is -2.06. The van der Waals surface area contributed by atoms with Gasteiger partial charge in [-0.25, -0.2) is 4.39 Å². The molecule has 0 unspecified atom stereocenters. The Kier molecular flexibility index (Phi) is 4.67. The largest absolute Gasteiger partial charge is 0.483 e. The van der Waals surface area contributed by atoms with Gasteiger partial charge in [0, 0.05) is 13.2 Å². The number of nitro groups is 1. The molecule has 0 atom stereocenters. The average molecular weight is 261 g/mol. The highest BCUT2D eigenvalue weighted by molar-refractivity contribution is 5.81. The molecule has 8 heteroatoms. The quantitative estimate of drug-likeness (QED) is 0.572. The summed E-state index contributed by atoms with van der Waals surface area (Å²) >= 11 is 0. The Morgan fingerprint density at radius 3 is 2.56 bits per heavy atom. The first-order valence-electron chi connectivity index (χ1n) is 4.72. The zero-order valence-electron chi connectivity index (χ0n) is 9.31. The van der Waals surface area contributed by atoms with E-state index >= 15 is 0 Å². The van der Waals surface area contributed by atoms with Gasteiger partial charge in [0.15, 0.2) is 17.3 Å². The van der Waals surface area contributed by atoms with Crippen molar-refractivity contribution in [3.8, 4) is 5.75 Å². The summed E-state index contributed by atoms with van der Waals surface area (Å²) in [6, 6.07) is 0.916. The Hall–Kier alpha value is -2.09. The topological polar surface area (TPSA) is 78.7 Å². The van der Waals surface area contributed by atoms with Crippen LogP contribution in [0.25, 0.3) is 0 Å². The molecule has 0 bridgehead atoms. The van der Waals surface area contributed by atoms with Crippen LogP contribution < -0.4 is 4.74 Å². The van der Waals surface area contributed by atoms with E-state index in [0.717, 1.165) is 0 Å². The van der Waals surface area contributed by atoms with Crippen molar-refractivity contribution in [2.45, 2.75) is 0 Å². The van der Waals surface area contributed by atoms with Crippen molar-refractivity contribution >= 4 is 11.5 Å². The van der Waals surface area contributed by atoms with Gasteiger partial charge in [-0.05, 0) is 0 Å². The molecule has 0 saturated heterocycles. The summed E-state index contributed by atoms with van der Waals surface area (Å²) in [5, 5.41) is 10.3. The van der Waals surface area contributed by atoms with E-state index in [1.807, 2.05) is 0 Å². The van der Waals surface area contributed by atoms with Crippen LogP contribution in [0.1, 0.15) is 0 Å². The first kappa shape index (κ1) is 14.0. The number of hydrogen-bond donors (Lipinski definition) is 0. The van der Waals surface area contributed by atoms with Gasteiger partial charge in [0.05, 0.1) is 11.0 Å². The summed E-state index contributed by atoms with van der Waals surface area (Å²) < 4.78 is 35.7. The number of ether oxygens (including phenoxy) is 2. The highest BCUT2D eigenvalue weighted by atomic mass is 19.1. The number of Topliss-reactive ketones (excluding diaryl/α,β-unsaturated/α-hetero) is 1. The number of carbonyl (C=O) groups is 1. The molecule has 0 aliphatic carbocycles. The lowest BCUT2D eigenvalue weighted by atomic mass is 10.3. The van der Waals surface area contributed by atoms with Crippen LogP contribution >= 0.6 is 0 Å². The number of methoxy groups -OCH3 is 1. The smallest absolute Gasteiger partial charge is 0.307 e. The molecule has 0 aliphatic rings. The maximum atomic E-state index is 13.3. The van der Waals surface area contributed by atoms with E-state index in [4.69, 9.17) is 4.74 Å².